The Morgan fingerprint density at radius 3 is 2.46 bits per heavy atom. The molecule has 0 unspecified atom stereocenters. The van der Waals surface area contributed by atoms with Gasteiger partial charge in [0.05, 0.1) is 13.3 Å². The van der Waals surface area contributed by atoms with Crippen molar-refractivity contribution in [2.45, 2.75) is 6.54 Å². The summed E-state index contributed by atoms with van der Waals surface area (Å²) < 4.78 is 5.14. The summed E-state index contributed by atoms with van der Waals surface area (Å²) in [6.07, 6.45) is 3.21. The van der Waals surface area contributed by atoms with Crippen molar-refractivity contribution in [1.82, 2.24) is 20.1 Å². The van der Waals surface area contributed by atoms with Gasteiger partial charge in [-0.2, -0.15) is 0 Å². The van der Waals surface area contributed by atoms with Crippen molar-refractivity contribution >= 4 is 17.4 Å². The van der Waals surface area contributed by atoms with E-state index in [1.54, 1.807) is 49.7 Å². The van der Waals surface area contributed by atoms with Gasteiger partial charge in [0.2, 0.25) is 0 Å². The number of hydrogen-bond acceptors (Lipinski definition) is 8. The lowest BCUT2D eigenvalue weighted by Gasteiger charge is -2.35. The van der Waals surface area contributed by atoms with Gasteiger partial charge in [-0.1, -0.05) is 24.3 Å². The van der Waals surface area contributed by atoms with Crippen LogP contribution in [0.1, 0.15) is 16.1 Å². The normalized spacial score (nSPS) is 13.8. The number of nitrogens with one attached hydrogen (secondary N) is 1. The fourth-order valence-corrected chi connectivity index (χ4v) is 4.38. The maximum Gasteiger partial charge on any atom is 0.276 e. The molecule has 0 saturated carbocycles. The van der Waals surface area contributed by atoms with Crippen LogP contribution in [-0.2, 0) is 6.54 Å². The number of rotatable bonds is 7. The molecule has 9 heteroatoms. The van der Waals surface area contributed by atoms with Crippen molar-refractivity contribution in [1.29, 1.82) is 0 Å². The quantitative estimate of drug-likeness (QED) is 0.398. The summed E-state index contributed by atoms with van der Waals surface area (Å²) in [6.45, 7) is 4.15. The zero-order chi connectivity index (χ0) is 25.6. The molecule has 0 bridgehead atoms. The second-order valence-electron chi connectivity index (χ2n) is 8.81. The number of amides is 1. The molecule has 1 aliphatic heterocycles. The highest BCUT2D eigenvalue weighted by Crippen LogP contribution is 2.27. The molecule has 188 valence electrons. The monoisotopic (exact) mass is 496 g/mol. The van der Waals surface area contributed by atoms with Gasteiger partial charge in [-0.3, -0.25) is 14.7 Å². The van der Waals surface area contributed by atoms with Crippen molar-refractivity contribution in [3.8, 4) is 22.6 Å². The summed E-state index contributed by atoms with van der Waals surface area (Å²) in [6, 6.07) is 20.6. The van der Waals surface area contributed by atoms with Gasteiger partial charge < -0.3 is 20.1 Å². The Morgan fingerprint density at radius 1 is 0.973 bits per heavy atom. The molecule has 5 rings (SSSR count). The maximum atomic E-state index is 12.5. The summed E-state index contributed by atoms with van der Waals surface area (Å²) >= 11 is 0. The number of carbonyl (C=O) groups excluding carboxylic acids is 1. The molecular formula is C28H28N6O3. The van der Waals surface area contributed by atoms with E-state index in [0.717, 1.165) is 55.4 Å². The third-order valence-corrected chi connectivity index (χ3v) is 6.37. The van der Waals surface area contributed by atoms with E-state index in [-0.39, 0.29) is 17.4 Å². The zero-order valence-electron chi connectivity index (χ0n) is 20.5. The third-order valence-electron chi connectivity index (χ3n) is 6.37. The number of aromatic nitrogens is 3. The van der Waals surface area contributed by atoms with E-state index in [1.807, 2.05) is 18.2 Å². The first-order chi connectivity index (χ1) is 18.1. The van der Waals surface area contributed by atoms with Gasteiger partial charge in [-0.05, 0) is 53.6 Å². The average molecular weight is 497 g/mol. The van der Waals surface area contributed by atoms with Crippen molar-refractivity contribution in [3.05, 3.63) is 90.4 Å². The molecule has 2 N–H and O–H groups in total. The predicted octanol–water partition coefficient (Wildman–Crippen LogP) is 3.83. The Kier molecular flexibility index (Phi) is 7.23. The molecule has 0 aliphatic carbocycles. The van der Waals surface area contributed by atoms with E-state index in [4.69, 9.17) is 4.74 Å². The molecule has 0 radical (unpaired) electrons. The van der Waals surface area contributed by atoms with Gasteiger partial charge in [0.1, 0.15) is 11.5 Å². The van der Waals surface area contributed by atoms with E-state index < -0.39 is 0 Å². The first kappa shape index (κ1) is 24.2. The van der Waals surface area contributed by atoms with Gasteiger partial charge in [0.25, 0.3) is 5.91 Å². The molecule has 1 amide bonds. The Bertz CT molecular complexity index is 1350. The van der Waals surface area contributed by atoms with E-state index in [9.17, 15) is 9.90 Å². The number of benzene rings is 2. The number of anilines is 2. The van der Waals surface area contributed by atoms with Gasteiger partial charge in [-0.15, -0.1) is 10.2 Å². The number of aromatic hydroxyl groups is 1. The lowest BCUT2D eigenvalue weighted by molar-refractivity contribution is 0.102. The molecule has 4 aromatic rings. The second-order valence-corrected chi connectivity index (χ2v) is 8.81. The van der Waals surface area contributed by atoms with E-state index in [0.29, 0.717) is 5.69 Å². The van der Waals surface area contributed by atoms with E-state index in [2.05, 4.69) is 42.4 Å². The van der Waals surface area contributed by atoms with Crippen molar-refractivity contribution in [3.63, 3.8) is 0 Å². The van der Waals surface area contributed by atoms with Crippen LogP contribution < -0.4 is 15.0 Å². The van der Waals surface area contributed by atoms with Crippen molar-refractivity contribution in [2.75, 3.05) is 43.5 Å². The molecule has 1 saturated heterocycles. The molecule has 37 heavy (non-hydrogen) atoms. The van der Waals surface area contributed by atoms with Crippen LogP contribution in [-0.4, -0.2) is 64.4 Å². The summed E-state index contributed by atoms with van der Waals surface area (Å²) in [5, 5.41) is 21.1. The summed E-state index contributed by atoms with van der Waals surface area (Å²) in [7, 11) is 1.60. The fraction of sp³-hybridized carbons (Fsp3) is 0.214. The van der Waals surface area contributed by atoms with Crippen LogP contribution in [0.3, 0.4) is 0 Å². The van der Waals surface area contributed by atoms with Gasteiger partial charge >= 0.3 is 0 Å². The lowest BCUT2D eigenvalue weighted by atomic mass is 10.0. The van der Waals surface area contributed by atoms with Crippen molar-refractivity contribution < 1.29 is 14.6 Å². The van der Waals surface area contributed by atoms with Gasteiger partial charge in [0, 0.05) is 50.2 Å². The van der Waals surface area contributed by atoms with Crippen LogP contribution in [0, 0.1) is 0 Å². The molecule has 2 aromatic carbocycles. The number of hydrogen-bond donors (Lipinski definition) is 2. The number of methoxy groups -OCH3 is 1. The number of nitrogens with zero attached hydrogens (tertiary/aromatic N) is 5. The Hall–Kier alpha value is -4.50. The fourth-order valence-electron chi connectivity index (χ4n) is 4.38. The molecular weight excluding hydrogens is 468 g/mol. The average Bonchev–Trinajstić information content (AvgIpc) is 2.94. The van der Waals surface area contributed by atoms with Crippen LogP contribution in [0.5, 0.6) is 11.5 Å². The number of piperazine rings is 1. The molecule has 2 aromatic heterocycles. The topological polar surface area (TPSA) is 104 Å². The number of ether oxygens (including phenoxy) is 1. The minimum atomic E-state index is -0.311. The first-order valence-corrected chi connectivity index (χ1v) is 12.1. The van der Waals surface area contributed by atoms with Crippen molar-refractivity contribution in [2.24, 2.45) is 0 Å². The Morgan fingerprint density at radius 2 is 1.76 bits per heavy atom. The van der Waals surface area contributed by atoms with Gasteiger partial charge in [0.15, 0.2) is 11.5 Å². The zero-order valence-corrected chi connectivity index (χ0v) is 20.5. The maximum absolute atomic E-state index is 12.5. The standard InChI is InChI=1S/C28H28N6O3/c1-37-24-8-6-22(7-9-24)30-28(36)26-10-11-27(32-31-26)34-14-12-33(13-15-34)19-20-4-2-3-5-25(20)21-16-23(35)18-29-17-21/h2-11,16-18,35H,12-15,19H2,1H3,(H,30,36). The summed E-state index contributed by atoms with van der Waals surface area (Å²) in [4.78, 5) is 21.2. The van der Waals surface area contributed by atoms with Crippen LogP contribution in [0.2, 0.25) is 0 Å². The highest BCUT2D eigenvalue weighted by atomic mass is 16.5. The third kappa shape index (κ3) is 5.84. The highest BCUT2D eigenvalue weighted by Gasteiger charge is 2.20. The summed E-state index contributed by atoms with van der Waals surface area (Å²) in [5.74, 6) is 1.33. The van der Waals surface area contributed by atoms with E-state index >= 15 is 0 Å². The van der Waals surface area contributed by atoms with E-state index in [1.165, 1.54) is 11.8 Å². The minimum Gasteiger partial charge on any atom is -0.506 e. The summed E-state index contributed by atoms with van der Waals surface area (Å²) in [5.41, 5.74) is 4.09. The molecule has 1 fully saturated rings. The largest absolute Gasteiger partial charge is 0.506 e. The Labute approximate surface area is 215 Å². The van der Waals surface area contributed by atoms with Crippen LogP contribution in [0.4, 0.5) is 11.5 Å². The molecule has 0 atom stereocenters. The predicted molar refractivity (Wildman–Crippen MR) is 142 cm³/mol. The number of pyridine rings is 1. The lowest BCUT2D eigenvalue weighted by Crippen LogP contribution is -2.46. The molecule has 3 heterocycles. The van der Waals surface area contributed by atoms with Crippen LogP contribution in [0.25, 0.3) is 11.1 Å². The Balaban J connectivity index is 1.17. The number of carbonyl (C=O) groups is 1. The molecule has 9 nitrogen and oxygen atoms in total. The molecule has 0 spiro atoms. The second kappa shape index (κ2) is 11.0. The highest BCUT2D eigenvalue weighted by molar-refractivity contribution is 6.02. The van der Waals surface area contributed by atoms with Gasteiger partial charge in [-0.25, -0.2) is 0 Å². The van der Waals surface area contributed by atoms with Crippen LogP contribution in [0.15, 0.2) is 79.1 Å². The minimum absolute atomic E-state index is 0.159. The first-order valence-electron chi connectivity index (χ1n) is 12.1. The van der Waals surface area contributed by atoms with Crippen LogP contribution >= 0.6 is 0 Å². The SMILES string of the molecule is COc1ccc(NC(=O)c2ccc(N3CCN(Cc4ccccc4-c4cncc(O)c4)CC3)nn2)cc1. The molecule has 1 aliphatic rings. The smallest absolute Gasteiger partial charge is 0.276 e.